The zero-order valence-corrected chi connectivity index (χ0v) is 14.2. The molecule has 1 fully saturated rings. The fourth-order valence-electron chi connectivity index (χ4n) is 3.09. The van der Waals surface area contributed by atoms with E-state index in [0.717, 1.165) is 30.4 Å². The molecule has 5 heteroatoms. The average Bonchev–Trinajstić information content (AvgIpc) is 3.09. The first-order chi connectivity index (χ1) is 12.2. The van der Waals surface area contributed by atoms with Gasteiger partial charge in [-0.05, 0) is 42.5 Å². The van der Waals surface area contributed by atoms with Gasteiger partial charge >= 0.3 is 6.03 Å². The van der Waals surface area contributed by atoms with Gasteiger partial charge in [-0.2, -0.15) is 0 Å². The number of hydrogen-bond acceptors (Lipinski definition) is 3. The van der Waals surface area contributed by atoms with Crippen LogP contribution in [0.1, 0.15) is 30.1 Å². The van der Waals surface area contributed by atoms with E-state index in [1.165, 1.54) is 0 Å². The number of aryl methyl sites for hydroxylation is 1. The molecule has 1 heterocycles. The number of nitrogens with one attached hydrogen (secondary N) is 2. The van der Waals surface area contributed by atoms with E-state index in [-0.39, 0.29) is 23.9 Å². The molecule has 132 valence electrons. The van der Waals surface area contributed by atoms with Gasteiger partial charge in [0.2, 0.25) is 0 Å². The maximum Gasteiger partial charge on any atom is 0.315 e. The lowest BCUT2D eigenvalue weighted by Crippen LogP contribution is -2.43. The van der Waals surface area contributed by atoms with Crippen molar-refractivity contribution < 1.29 is 14.6 Å². The molecule has 1 aliphatic heterocycles. The summed E-state index contributed by atoms with van der Waals surface area (Å²) in [6.07, 6.45) is 2.45. The first-order valence-corrected chi connectivity index (χ1v) is 8.71. The van der Waals surface area contributed by atoms with Crippen molar-refractivity contribution in [2.24, 2.45) is 0 Å². The Morgan fingerprint density at radius 1 is 1.12 bits per heavy atom. The highest BCUT2D eigenvalue weighted by Gasteiger charge is 2.30. The second-order valence-electron chi connectivity index (χ2n) is 6.27. The standard InChI is InChI=1S/C20H24N2O3/c23-17-10-8-15(9-11-17)5-4-13-21-20(24)22-18-12-14-25-19(18)16-6-2-1-3-7-16/h1-3,6-11,18-19,23H,4-5,12-14H2,(H2,21,22,24)/t18-,19+/m1/s1. The summed E-state index contributed by atoms with van der Waals surface area (Å²) in [4.78, 5) is 12.1. The summed E-state index contributed by atoms with van der Waals surface area (Å²) in [5, 5.41) is 15.2. The molecule has 1 saturated heterocycles. The van der Waals surface area contributed by atoms with Gasteiger partial charge < -0.3 is 20.5 Å². The minimum absolute atomic E-state index is 0.000464. The Hall–Kier alpha value is -2.53. The normalized spacial score (nSPS) is 19.5. The van der Waals surface area contributed by atoms with Crippen molar-refractivity contribution in [3.05, 3.63) is 65.7 Å². The monoisotopic (exact) mass is 340 g/mol. The van der Waals surface area contributed by atoms with E-state index in [2.05, 4.69) is 10.6 Å². The topological polar surface area (TPSA) is 70.6 Å². The Kier molecular flexibility index (Phi) is 5.90. The number of phenols is 1. The molecular weight excluding hydrogens is 316 g/mol. The van der Waals surface area contributed by atoms with Gasteiger partial charge in [-0.1, -0.05) is 42.5 Å². The summed E-state index contributed by atoms with van der Waals surface area (Å²) < 4.78 is 5.78. The number of rotatable bonds is 6. The first kappa shape index (κ1) is 17.3. The van der Waals surface area contributed by atoms with Gasteiger partial charge in [0.05, 0.1) is 6.04 Å². The fourth-order valence-corrected chi connectivity index (χ4v) is 3.09. The lowest BCUT2D eigenvalue weighted by molar-refractivity contribution is 0.0999. The Morgan fingerprint density at radius 2 is 1.88 bits per heavy atom. The summed E-state index contributed by atoms with van der Waals surface area (Å²) in [5.74, 6) is 0.271. The zero-order valence-electron chi connectivity index (χ0n) is 14.2. The van der Waals surface area contributed by atoms with E-state index >= 15 is 0 Å². The lowest BCUT2D eigenvalue weighted by atomic mass is 10.0. The molecular formula is C20H24N2O3. The number of amides is 2. The fraction of sp³-hybridized carbons (Fsp3) is 0.350. The molecule has 0 aromatic heterocycles. The van der Waals surface area contributed by atoms with E-state index in [4.69, 9.17) is 4.74 Å². The number of ether oxygens (including phenoxy) is 1. The Morgan fingerprint density at radius 3 is 2.64 bits per heavy atom. The second kappa shape index (κ2) is 8.53. The molecule has 3 rings (SSSR count). The van der Waals surface area contributed by atoms with Crippen LogP contribution in [-0.4, -0.2) is 30.3 Å². The number of urea groups is 1. The van der Waals surface area contributed by atoms with E-state index < -0.39 is 0 Å². The summed E-state index contributed by atoms with van der Waals surface area (Å²) >= 11 is 0. The van der Waals surface area contributed by atoms with Crippen LogP contribution in [0, 0.1) is 0 Å². The number of benzene rings is 2. The van der Waals surface area contributed by atoms with Gasteiger partial charge in [0.15, 0.2) is 0 Å². The van der Waals surface area contributed by atoms with Crippen molar-refractivity contribution in [2.45, 2.75) is 31.4 Å². The molecule has 3 N–H and O–H groups in total. The number of carbonyl (C=O) groups excluding carboxylic acids is 1. The summed E-state index contributed by atoms with van der Waals surface area (Å²) in [6.45, 7) is 1.27. The molecule has 0 radical (unpaired) electrons. The van der Waals surface area contributed by atoms with Crippen molar-refractivity contribution in [2.75, 3.05) is 13.2 Å². The van der Waals surface area contributed by atoms with Gasteiger partial charge in [0.1, 0.15) is 11.9 Å². The molecule has 0 bridgehead atoms. The van der Waals surface area contributed by atoms with Crippen molar-refractivity contribution in [1.82, 2.24) is 10.6 Å². The number of phenolic OH excluding ortho intramolecular Hbond substituents is 1. The van der Waals surface area contributed by atoms with Crippen LogP contribution in [0.5, 0.6) is 5.75 Å². The van der Waals surface area contributed by atoms with Crippen LogP contribution in [0.15, 0.2) is 54.6 Å². The molecule has 0 aliphatic carbocycles. The molecule has 0 unspecified atom stereocenters. The van der Waals surface area contributed by atoms with E-state index in [1.54, 1.807) is 12.1 Å². The molecule has 5 nitrogen and oxygen atoms in total. The number of aromatic hydroxyl groups is 1. The van der Waals surface area contributed by atoms with E-state index in [9.17, 15) is 9.90 Å². The predicted molar refractivity (Wildman–Crippen MR) is 96.5 cm³/mol. The van der Waals surface area contributed by atoms with Crippen molar-refractivity contribution in [1.29, 1.82) is 0 Å². The largest absolute Gasteiger partial charge is 0.508 e. The highest BCUT2D eigenvalue weighted by atomic mass is 16.5. The minimum atomic E-state index is -0.151. The Labute approximate surface area is 148 Å². The highest BCUT2D eigenvalue weighted by molar-refractivity contribution is 5.74. The second-order valence-corrected chi connectivity index (χ2v) is 6.27. The van der Waals surface area contributed by atoms with E-state index in [1.807, 2.05) is 42.5 Å². The van der Waals surface area contributed by atoms with Crippen molar-refractivity contribution in [3.8, 4) is 5.75 Å². The molecule has 0 saturated carbocycles. The highest BCUT2D eigenvalue weighted by Crippen LogP contribution is 2.28. The van der Waals surface area contributed by atoms with E-state index in [0.29, 0.717) is 13.2 Å². The van der Waals surface area contributed by atoms with Crippen LogP contribution in [-0.2, 0) is 11.2 Å². The lowest BCUT2D eigenvalue weighted by Gasteiger charge is -2.20. The van der Waals surface area contributed by atoms with Gasteiger partial charge in [0.25, 0.3) is 0 Å². The van der Waals surface area contributed by atoms with Crippen LogP contribution in [0.3, 0.4) is 0 Å². The molecule has 1 aliphatic rings. The minimum Gasteiger partial charge on any atom is -0.508 e. The summed E-state index contributed by atoms with van der Waals surface area (Å²) in [7, 11) is 0. The molecule has 2 aromatic rings. The van der Waals surface area contributed by atoms with Crippen LogP contribution >= 0.6 is 0 Å². The average molecular weight is 340 g/mol. The molecule has 0 spiro atoms. The molecule has 25 heavy (non-hydrogen) atoms. The van der Waals surface area contributed by atoms with Crippen molar-refractivity contribution in [3.63, 3.8) is 0 Å². The number of hydrogen-bond donors (Lipinski definition) is 3. The molecule has 2 amide bonds. The van der Waals surface area contributed by atoms with Gasteiger partial charge in [-0.15, -0.1) is 0 Å². The van der Waals surface area contributed by atoms with Gasteiger partial charge in [-0.3, -0.25) is 0 Å². The predicted octanol–water partition coefficient (Wildman–Crippen LogP) is 3.15. The zero-order chi connectivity index (χ0) is 17.5. The molecule has 2 aromatic carbocycles. The molecule has 2 atom stereocenters. The SMILES string of the molecule is O=C(NCCCc1ccc(O)cc1)N[C@@H]1CCO[C@H]1c1ccccc1. The van der Waals surface area contributed by atoms with Crippen LogP contribution in [0.4, 0.5) is 4.79 Å². The third-order valence-electron chi connectivity index (χ3n) is 4.40. The smallest absolute Gasteiger partial charge is 0.315 e. The maximum absolute atomic E-state index is 12.1. The third-order valence-corrected chi connectivity index (χ3v) is 4.40. The Bertz CT molecular complexity index is 673. The Balaban J connectivity index is 1.40. The third kappa shape index (κ3) is 4.97. The van der Waals surface area contributed by atoms with Crippen LogP contribution in [0.2, 0.25) is 0 Å². The van der Waals surface area contributed by atoms with Gasteiger partial charge in [-0.25, -0.2) is 4.79 Å². The van der Waals surface area contributed by atoms with Crippen molar-refractivity contribution >= 4 is 6.03 Å². The maximum atomic E-state index is 12.1. The summed E-state index contributed by atoms with van der Waals surface area (Å²) in [5.41, 5.74) is 2.24. The summed E-state index contributed by atoms with van der Waals surface area (Å²) in [6, 6.07) is 17.0. The van der Waals surface area contributed by atoms with Crippen LogP contribution in [0.25, 0.3) is 0 Å². The number of carbonyl (C=O) groups is 1. The van der Waals surface area contributed by atoms with Crippen LogP contribution < -0.4 is 10.6 Å². The van der Waals surface area contributed by atoms with Gasteiger partial charge in [0, 0.05) is 13.2 Å². The first-order valence-electron chi connectivity index (χ1n) is 8.71. The quantitative estimate of drug-likeness (QED) is 0.708.